The van der Waals surface area contributed by atoms with E-state index >= 15 is 0 Å². The molecule has 0 unspecified atom stereocenters. The fourth-order valence-corrected chi connectivity index (χ4v) is 16.2. The van der Waals surface area contributed by atoms with E-state index in [0.717, 1.165) is 11.4 Å². The summed E-state index contributed by atoms with van der Waals surface area (Å²) in [6.07, 6.45) is 0. The molecule has 0 saturated heterocycles. The van der Waals surface area contributed by atoms with Gasteiger partial charge in [-0.2, -0.15) is 0 Å². The SMILES string of the molecule is Cc1ccc2c3cc(-c4ccc5c(c4)c4ccc(C)cc4n5-c4ccc(-c5ccccc5)cc4)ccc3n(-c3ccc(-c4ccccc4)cc3)c2c1.Cc1cccc(-c2ccc(-n3c4ccccc4c4cc(-c5ccc6c(c5)c5ccccc5n6-c5ccc(-c6cccc(C)c6)cc5)ccc43)cc2)c1. The molecule has 4 heteroatoms. The summed E-state index contributed by atoms with van der Waals surface area (Å²) in [5.41, 5.74) is 34.1. The molecular formula is C100H72N4. The number of hydrogen-bond acceptors (Lipinski definition) is 0. The summed E-state index contributed by atoms with van der Waals surface area (Å²) in [5.74, 6) is 0. The van der Waals surface area contributed by atoms with Gasteiger partial charge in [0.05, 0.1) is 44.1 Å². The van der Waals surface area contributed by atoms with Crippen molar-refractivity contribution < 1.29 is 0 Å². The lowest BCUT2D eigenvalue weighted by Gasteiger charge is -2.11. The maximum absolute atomic E-state index is 2.42. The molecule has 20 aromatic rings. The van der Waals surface area contributed by atoms with Gasteiger partial charge in [-0.1, -0.05) is 254 Å². The van der Waals surface area contributed by atoms with E-state index in [1.54, 1.807) is 0 Å². The largest absolute Gasteiger partial charge is 0.309 e. The summed E-state index contributed by atoms with van der Waals surface area (Å²) >= 11 is 0. The highest BCUT2D eigenvalue weighted by molar-refractivity contribution is 6.15. The van der Waals surface area contributed by atoms with E-state index in [1.807, 2.05) is 0 Å². The van der Waals surface area contributed by atoms with Crippen LogP contribution in [0.25, 0.3) is 177 Å². The second-order valence-electron chi connectivity index (χ2n) is 28.0. The Morgan fingerprint density at radius 3 is 0.692 bits per heavy atom. The van der Waals surface area contributed by atoms with E-state index < -0.39 is 0 Å². The average molecular weight is 1330 g/mol. The normalized spacial score (nSPS) is 11.7. The molecule has 4 nitrogen and oxygen atoms in total. The monoisotopic (exact) mass is 1330 g/mol. The number of benzene rings is 16. The lowest BCUT2D eigenvalue weighted by Crippen LogP contribution is -1.94. The van der Waals surface area contributed by atoms with Crippen LogP contribution in [0.1, 0.15) is 22.3 Å². The van der Waals surface area contributed by atoms with E-state index in [1.165, 1.54) is 188 Å². The lowest BCUT2D eigenvalue weighted by atomic mass is 10.00. The van der Waals surface area contributed by atoms with Crippen molar-refractivity contribution in [3.63, 3.8) is 0 Å². The average Bonchev–Trinajstić information content (AvgIpc) is 1.59. The zero-order chi connectivity index (χ0) is 69.5. The molecule has 0 radical (unpaired) electrons. The molecule has 0 spiro atoms. The first-order chi connectivity index (χ1) is 51.2. The minimum atomic E-state index is 1.16. The molecule has 20 rings (SSSR count). The van der Waals surface area contributed by atoms with Gasteiger partial charge in [0.15, 0.2) is 0 Å². The zero-order valence-electron chi connectivity index (χ0n) is 58.4. The first-order valence-corrected chi connectivity index (χ1v) is 36.0. The van der Waals surface area contributed by atoms with Crippen LogP contribution < -0.4 is 0 Å². The van der Waals surface area contributed by atoms with Crippen LogP contribution in [0, 0.1) is 27.7 Å². The van der Waals surface area contributed by atoms with Crippen molar-refractivity contribution in [2.24, 2.45) is 0 Å². The van der Waals surface area contributed by atoms with Gasteiger partial charge >= 0.3 is 0 Å². The third-order valence-electron chi connectivity index (χ3n) is 21.3. The van der Waals surface area contributed by atoms with Crippen LogP contribution in [-0.2, 0) is 0 Å². The Labute approximate surface area is 605 Å². The molecule has 0 aliphatic carbocycles. The summed E-state index contributed by atoms with van der Waals surface area (Å²) in [7, 11) is 0. The second kappa shape index (κ2) is 25.4. The lowest BCUT2D eigenvalue weighted by molar-refractivity contribution is 1.18. The summed E-state index contributed by atoms with van der Waals surface area (Å²) in [4.78, 5) is 0. The second-order valence-corrected chi connectivity index (χ2v) is 28.0. The summed E-state index contributed by atoms with van der Waals surface area (Å²) < 4.78 is 9.63. The number of para-hydroxylation sites is 2. The van der Waals surface area contributed by atoms with Crippen molar-refractivity contribution in [3.05, 3.63) is 386 Å². The van der Waals surface area contributed by atoms with Gasteiger partial charge in [-0.15, -0.1) is 0 Å². The summed E-state index contributed by atoms with van der Waals surface area (Å²) in [6.45, 7) is 8.65. The predicted octanol–water partition coefficient (Wildman–Crippen LogP) is 27.0. The minimum Gasteiger partial charge on any atom is -0.309 e. The van der Waals surface area contributed by atoms with Gasteiger partial charge < -0.3 is 18.3 Å². The molecule has 0 amide bonds. The molecule has 4 aromatic heterocycles. The van der Waals surface area contributed by atoms with Gasteiger partial charge in [0.1, 0.15) is 0 Å². The number of nitrogens with zero attached hydrogens (tertiary/aromatic N) is 4. The highest BCUT2D eigenvalue weighted by Crippen LogP contribution is 2.43. The van der Waals surface area contributed by atoms with Crippen LogP contribution in [0.4, 0.5) is 0 Å². The van der Waals surface area contributed by atoms with Crippen LogP contribution in [0.15, 0.2) is 364 Å². The number of rotatable bonds is 10. The van der Waals surface area contributed by atoms with Gasteiger partial charge in [-0.3, -0.25) is 0 Å². The van der Waals surface area contributed by atoms with E-state index in [2.05, 4.69) is 410 Å². The number of aromatic nitrogens is 4. The number of fused-ring (bicyclic) bond motifs is 12. The minimum absolute atomic E-state index is 1.16. The highest BCUT2D eigenvalue weighted by atomic mass is 15.0. The first kappa shape index (κ1) is 61.8. The van der Waals surface area contributed by atoms with Crippen molar-refractivity contribution in [2.45, 2.75) is 27.7 Å². The molecule has 0 fully saturated rings. The fourth-order valence-electron chi connectivity index (χ4n) is 16.2. The molecule has 4 heterocycles. The zero-order valence-corrected chi connectivity index (χ0v) is 58.4. The predicted molar refractivity (Wildman–Crippen MR) is 442 cm³/mol. The molecular weight excluding hydrogens is 1260 g/mol. The maximum atomic E-state index is 2.42. The molecule has 0 bridgehead atoms. The first-order valence-electron chi connectivity index (χ1n) is 36.0. The Balaban J connectivity index is 0.000000143. The van der Waals surface area contributed by atoms with E-state index in [0.29, 0.717) is 0 Å². The van der Waals surface area contributed by atoms with Gasteiger partial charge in [-0.05, 0) is 227 Å². The van der Waals surface area contributed by atoms with Crippen molar-refractivity contribution in [2.75, 3.05) is 0 Å². The van der Waals surface area contributed by atoms with Gasteiger partial charge in [-0.25, -0.2) is 0 Å². The fraction of sp³-hybridized carbons (Fsp3) is 0.0400. The Hall–Kier alpha value is -13.3. The summed E-state index contributed by atoms with van der Waals surface area (Å²) in [5, 5.41) is 10.1. The Bertz CT molecular complexity index is 6290. The van der Waals surface area contributed by atoms with Gasteiger partial charge in [0.2, 0.25) is 0 Å². The van der Waals surface area contributed by atoms with Crippen molar-refractivity contribution >= 4 is 87.2 Å². The molecule has 0 aliphatic heterocycles. The van der Waals surface area contributed by atoms with E-state index in [9.17, 15) is 0 Å². The van der Waals surface area contributed by atoms with E-state index in [-0.39, 0.29) is 0 Å². The van der Waals surface area contributed by atoms with Crippen LogP contribution in [-0.4, -0.2) is 18.3 Å². The molecule has 492 valence electrons. The van der Waals surface area contributed by atoms with Crippen molar-refractivity contribution in [3.8, 4) is 89.5 Å². The van der Waals surface area contributed by atoms with Crippen molar-refractivity contribution in [1.29, 1.82) is 0 Å². The smallest absolute Gasteiger partial charge is 0.0543 e. The summed E-state index contributed by atoms with van der Waals surface area (Å²) in [6, 6.07) is 134. The van der Waals surface area contributed by atoms with Crippen LogP contribution in [0.2, 0.25) is 0 Å². The molecule has 0 N–H and O–H groups in total. The standard InChI is InChI=1S/2C50H36N2/c1-33-9-7-11-37(29-33)35-17-23-41(24-18-35)51-47-15-5-3-13-43(47)45-31-39(21-27-49(45)51)40-22-28-50-46(32-40)44-14-4-6-16-48(44)52(50)42-25-19-36(20-26-42)38-12-8-10-34(2)30-38;1-33-13-25-43-45-31-39(19-27-47(45)51(49(43)29-33)41-21-15-37(16-22-41)35-9-5-3-6-10-35)40-20-28-48-46(32-40)44-26-14-34(2)30-50(44)52(48)42-23-17-38(18-24-42)36-11-7-4-8-12-36/h2*3-32H,1-2H3. The van der Waals surface area contributed by atoms with E-state index in [4.69, 9.17) is 0 Å². The quantitative estimate of drug-likeness (QED) is 0.130. The topological polar surface area (TPSA) is 19.7 Å². The van der Waals surface area contributed by atoms with Gasteiger partial charge in [0, 0.05) is 65.8 Å². The number of aryl methyl sites for hydroxylation is 4. The molecule has 16 aromatic carbocycles. The molecule has 0 atom stereocenters. The van der Waals surface area contributed by atoms with Gasteiger partial charge in [0.25, 0.3) is 0 Å². The van der Waals surface area contributed by atoms with Crippen LogP contribution in [0.5, 0.6) is 0 Å². The Morgan fingerprint density at radius 2 is 0.365 bits per heavy atom. The van der Waals surface area contributed by atoms with Crippen LogP contribution in [0.3, 0.4) is 0 Å². The molecule has 0 aliphatic rings. The van der Waals surface area contributed by atoms with Crippen LogP contribution >= 0.6 is 0 Å². The number of hydrogen-bond donors (Lipinski definition) is 0. The third-order valence-corrected chi connectivity index (χ3v) is 21.3. The Morgan fingerprint density at radius 1 is 0.135 bits per heavy atom. The molecule has 104 heavy (non-hydrogen) atoms. The van der Waals surface area contributed by atoms with Crippen molar-refractivity contribution in [1.82, 2.24) is 18.3 Å². The third kappa shape index (κ3) is 10.9. The maximum Gasteiger partial charge on any atom is 0.0543 e. The Kier molecular flexibility index (Phi) is 15.1. The highest BCUT2D eigenvalue weighted by Gasteiger charge is 2.20. The molecule has 0 saturated carbocycles.